The maximum absolute atomic E-state index is 12.9. The van der Waals surface area contributed by atoms with Crippen molar-refractivity contribution >= 4 is 40.6 Å². The summed E-state index contributed by atoms with van der Waals surface area (Å²) in [6.07, 6.45) is 1.69. The Morgan fingerprint density at radius 3 is 2.39 bits per heavy atom. The van der Waals surface area contributed by atoms with Gasteiger partial charge in [-0.25, -0.2) is 0 Å². The van der Waals surface area contributed by atoms with Gasteiger partial charge < -0.3 is 4.90 Å². The second-order valence-corrected chi connectivity index (χ2v) is 7.30. The molecule has 142 valence electrons. The molecule has 0 unspecified atom stereocenters. The molecule has 6 nitrogen and oxygen atoms in total. The van der Waals surface area contributed by atoms with E-state index in [1.165, 1.54) is 23.9 Å². The van der Waals surface area contributed by atoms with Gasteiger partial charge in [-0.15, -0.1) is 11.8 Å². The van der Waals surface area contributed by atoms with Crippen LogP contribution >= 0.6 is 23.4 Å². The summed E-state index contributed by atoms with van der Waals surface area (Å²) >= 11 is 7.29. The van der Waals surface area contributed by atoms with Crippen molar-refractivity contribution in [3.63, 3.8) is 0 Å². The quantitative estimate of drug-likeness (QED) is 0.310. The van der Waals surface area contributed by atoms with Crippen LogP contribution in [-0.2, 0) is 11.3 Å². The van der Waals surface area contributed by atoms with Crippen molar-refractivity contribution in [3.05, 3.63) is 93.8 Å². The van der Waals surface area contributed by atoms with Crippen molar-refractivity contribution in [1.82, 2.24) is 4.98 Å². The van der Waals surface area contributed by atoms with E-state index in [4.69, 9.17) is 11.6 Å². The third-order valence-corrected chi connectivity index (χ3v) is 5.14. The highest BCUT2D eigenvalue weighted by atomic mass is 35.5. The standard InChI is InChI=1S/C20H16ClN3O3S/c21-15-4-6-17(7-5-15)23(13-16-3-1-2-12-22-16)20(25)14-28-19-10-8-18(9-11-19)24(26)27/h1-12H,13-14H2. The Balaban J connectivity index is 1.74. The maximum Gasteiger partial charge on any atom is 0.269 e. The summed E-state index contributed by atoms with van der Waals surface area (Å²) in [4.78, 5) is 29.9. The number of thioether (sulfide) groups is 1. The molecule has 0 spiro atoms. The van der Waals surface area contributed by atoms with E-state index in [1.54, 1.807) is 47.5 Å². The molecule has 0 aliphatic carbocycles. The fourth-order valence-electron chi connectivity index (χ4n) is 2.49. The molecule has 0 N–H and O–H groups in total. The zero-order valence-corrected chi connectivity index (χ0v) is 16.3. The molecule has 0 saturated heterocycles. The third kappa shape index (κ3) is 5.31. The lowest BCUT2D eigenvalue weighted by Gasteiger charge is -2.22. The van der Waals surface area contributed by atoms with Gasteiger partial charge in [-0.3, -0.25) is 19.9 Å². The minimum atomic E-state index is -0.450. The monoisotopic (exact) mass is 413 g/mol. The number of carbonyl (C=O) groups is 1. The van der Waals surface area contributed by atoms with E-state index in [9.17, 15) is 14.9 Å². The molecule has 1 aromatic heterocycles. The highest BCUT2D eigenvalue weighted by molar-refractivity contribution is 8.00. The molecule has 28 heavy (non-hydrogen) atoms. The minimum absolute atomic E-state index is 0.0219. The number of carbonyl (C=O) groups excluding carboxylic acids is 1. The highest BCUT2D eigenvalue weighted by Crippen LogP contribution is 2.25. The number of nitro groups is 1. The predicted molar refractivity (Wildman–Crippen MR) is 111 cm³/mol. The Morgan fingerprint density at radius 2 is 1.79 bits per heavy atom. The fraction of sp³-hybridized carbons (Fsp3) is 0.100. The Labute approximate surface area is 171 Å². The molecule has 0 aliphatic heterocycles. The minimum Gasteiger partial charge on any atom is -0.306 e. The van der Waals surface area contributed by atoms with E-state index in [0.717, 1.165) is 16.3 Å². The number of nitro benzene ring substituents is 1. The van der Waals surface area contributed by atoms with Crippen LogP contribution in [0.15, 0.2) is 77.8 Å². The van der Waals surface area contributed by atoms with E-state index in [2.05, 4.69) is 4.98 Å². The number of hydrogen-bond donors (Lipinski definition) is 0. The lowest BCUT2D eigenvalue weighted by atomic mass is 10.2. The second kappa shape index (κ2) is 9.34. The van der Waals surface area contributed by atoms with Crippen LogP contribution in [0.1, 0.15) is 5.69 Å². The molecule has 0 bridgehead atoms. The summed E-state index contributed by atoms with van der Waals surface area (Å²) in [5, 5.41) is 11.3. The summed E-state index contributed by atoms with van der Waals surface area (Å²) in [5.74, 6) is 0.0871. The topological polar surface area (TPSA) is 76.3 Å². The summed E-state index contributed by atoms with van der Waals surface area (Å²) in [7, 11) is 0. The summed E-state index contributed by atoms with van der Waals surface area (Å²) < 4.78 is 0. The van der Waals surface area contributed by atoms with Crippen LogP contribution in [0.25, 0.3) is 0 Å². The Morgan fingerprint density at radius 1 is 1.07 bits per heavy atom. The van der Waals surface area contributed by atoms with Gasteiger partial charge in [-0.05, 0) is 48.5 Å². The molecule has 0 fully saturated rings. The second-order valence-electron chi connectivity index (χ2n) is 5.82. The van der Waals surface area contributed by atoms with E-state index in [-0.39, 0.29) is 17.3 Å². The average molecular weight is 414 g/mol. The number of hydrogen-bond acceptors (Lipinski definition) is 5. The molecule has 0 radical (unpaired) electrons. The molecular formula is C20H16ClN3O3S. The number of rotatable bonds is 7. The lowest BCUT2D eigenvalue weighted by molar-refractivity contribution is -0.384. The van der Waals surface area contributed by atoms with Gasteiger partial charge in [0.25, 0.3) is 5.69 Å². The summed E-state index contributed by atoms with van der Waals surface area (Å²) in [5.41, 5.74) is 1.52. The Hall–Kier alpha value is -2.90. The van der Waals surface area contributed by atoms with E-state index >= 15 is 0 Å². The van der Waals surface area contributed by atoms with Gasteiger partial charge in [0.2, 0.25) is 5.91 Å². The number of nitrogens with zero attached hydrogens (tertiary/aromatic N) is 3. The molecule has 0 saturated carbocycles. The zero-order chi connectivity index (χ0) is 19.9. The molecule has 1 heterocycles. The van der Waals surface area contributed by atoms with Gasteiger partial charge in [0, 0.05) is 33.9 Å². The molecule has 1 amide bonds. The predicted octanol–water partition coefficient (Wildman–Crippen LogP) is 4.97. The van der Waals surface area contributed by atoms with Gasteiger partial charge >= 0.3 is 0 Å². The molecular weight excluding hydrogens is 398 g/mol. The first-order valence-electron chi connectivity index (χ1n) is 8.36. The molecule has 3 rings (SSSR count). The third-order valence-electron chi connectivity index (χ3n) is 3.90. The molecule has 3 aromatic rings. The number of pyridine rings is 1. The first-order chi connectivity index (χ1) is 13.5. The van der Waals surface area contributed by atoms with Gasteiger partial charge in [0.05, 0.1) is 22.9 Å². The van der Waals surface area contributed by atoms with Crippen LogP contribution in [0.2, 0.25) is 5.02 Å². The van der Waals surface area contributed by atoms with Crippen molar-refractivity contribution < 1.29 is 9.72 Å². The molecule has 2 aromatic carbocycles. The normalized spacial score (nSPS) is 10.5. The highest BCUT2D eigenvalue weighted by Gasteiger charge is 2.17. The van der Waals surface area contributed by atoms with Crippen molar-refractivity contribution in [3.8, 4) is 0 Å². The lowest BCUT2D eigenvalue weighted by Crippen LogP contribution is -2.32. The van der Waals surface area contributed by atoms with Gasteiger partial charge in [0.15, 0.2) is 0 Å². The van der Waals surface area contributed by atoms with Crippen LogP contribution < -0.4 is 4.90 Å². The number of amides is 1. The van der Waals surface area contributed by atoms with Crippen LogP contribution in [0.4, 0.5) is 11.4 Å². The van der Waals surface area contributed by atoms with Crippen LogP contribution in [0, 0.1) is 10.1 Å². The fourth-order valence-corrected chi connectivity index (χ4v) is 3.39. The Bertz CT molecular complexity index is 951. The molecule has 0 aliphatic rings. The molecule has 0 atom stereocenters. The smallest absolute Gasteiger partial charge is 0.269 e. The number of benzene rings is 2. The summed E-state index contributed by atoms with van der Waals surface area (Å²) in [6.45, 7) is 0.335. The number of anilines is 1. The van der Waals surface area contributed by atoms with Crippen LogP contribution in [0.3, 0.4) is 0 Å². The van der Waals surface area contributed by atoms with Crippen molar-refractivity contribution in [2.24, 2.45) is 0 Å². The van der Waals surface area contributed by atoms with E-state index in [1.807, 2.05) is 18.2 Å². The van der Waals surface area contributed by atoms with Crippen LogP contribution in [0.5, 0.6) is 0 Å². The largest absolute Gasteiger partial charge is 0.306 e. The van der Waals surface area contributed by atoms with Crippen molar-refractivity contribution in [2.75, 3.05) is 10.7 Å². The number of halogens is 1. The van der Waals surface area contributed by atoms with Gasteiger partial charge in [-0.2, -0.15) is 0 Å². The van der Waals surface area contributed by atoms with Crippen molar-refractivity contribution in [2.45, 2.75) is 11.4 Å². The number of aromatic nitrogens is 1. The Kier molecular flexibility index (Phi) is 6.62. The number of non-ortho nitro benzene ring substituents is 1. The van der Waals surface area contributed by atoms with E-state index < -0.39 is 4.92 Å². The zero-order valence-electron chi connectivity index (χ0n) is 14.7. The maximum atomic E-state index is 12.9. The average Bonchev–Trinajstić information content (AvgIpc) is 2.72. The SMILES string of the molecule is O=C(CSc1ccc([N+](=O)[O-])cc1)N(Cc1ccccn1)c1ccc(Cl)cc1. The first-order valence-corrected chi connectivity index (χ1v) is 9.72. The van der Waals surface area contributed by atoms with Gasteiger partial charge in [0.1, 0.15) is 0 Å². The molecule has 8 heteroatoms. The summed E-state index contributed by atoms with van der Waals surface area (Å²) in [6, 6.07) is 18.7. The van der Waals surface area contributed by atoms with E-state index in [0.29, 0.717) is 11.6 Å². The van der Waals surface area contributed by atoms with Gasteiger partial charge in [-0.1, -0.05) is 17.7 Å². The first kappa shape index (κ1) is 19.9. The van der Waals surface area contributed by atoms with Crippen molar-refractivity contribution in [1.29, 1.82) is 0 Å². The van der Waals surface area contributed by atoms with Crippen LogP contribution in [-0.4, -0.2) is 21.6 Å².